The van der Waals surface area contributed by atoms with Gasteiger partial charge in [-0.1, -0.05) is 11.6 Å². The van der Waals surface area contributed by atoms with Crippen molar-refractivity contribution in [2.24, 2.45) is 0 Å². The molecule has 2 aromatic rings. The van der Waals surface area contributed by atoms with Crippen molar-refractivity contribution < 1.29 is 20.1 Å². The lowest BCUT2D eigenvalue weighted by atomic mass is 10.2. The second-order valence-corrected chi connectivity index (χ2v) is 4.58. The largest absolute Gasteiger partial charge is 0.394 e. The number of rotatable bonds is 6. The smallest absolute Gasteiger partial charge is 0.166 e. The maximum Gasteiger partial charge on any atom is 0.166 e. The number of hydrogen-bond donors (Lipinski definition) is 3. The van der Waals surface area contributed by atoms with Crippen LogP contribution in [-0.4, -0.2) is 60.3 Å². The van der Waals surface area contributed by atoms with E-state index in [1.54, 1.807) is 0 Å². The van der Waals surface area contributed by atoms with E-state index in [0.717, 1.165) is 0 Å². The van der Waals surface area contributed by atoms with Crippen molar-refractivity contribution in [1.82, 2.24) is 19.5 Å². The van der Waals surface area contributed by atoms with Crippen LogP contribution in [0.25, 0.3) is 11.2 Å². The second kappa shape index (κ2) is 6.42. The average molecular weight is 303 g/mol. The summed E-state index contributed by atoms with van der Waals surface area (Å²) in [5, 5.41) is 28.3. The van der Waals surface area contributed by atoms with Crippen molar-refractivity contribution in [2.75, 3.05) is 13.2 Å². The summed E-state index contributed by atoms with van der Waals surface area (Å²) in [5.41, 5.74) is 0.778. The molecule has 0 aliphatic carbocycles. The number of aromatic nitrogens is 4. The van der Waals surface area contributed by atoms with Gasteiger partial charge in [0.2, 0.25) is 0 Å². The summed E-state index contributed by atoms with van der Waals surface area (Å²) in [6.45, 7) is 0.729. The summed E-state index contributed by atoms with van der Waals surface area (Å²) in [7, 11) is 0. The maximum absolute atomic E-state index is 9.47. The van der Waals surface area contributed by atoms with Crippen molar-refractivity contribution in [1.29, 1.82) is 0 Å². The Kier molecular flexibility index (Phi) is 4.84. The first-order valence-electron chi connectivity index (χ1n) is 5.96. The van der Waals surface area contributed by atoms with Gasteiger partial charge in [0.1, 0.15) is 17.9 Å². The molecule has 0 radical (unpaired) electrons. The Morgan fingerprint density at radius 1 is 1.30 bits per heavy atom. The van der Waals surface area contributed by atoms with Gasteiger partial charge < -0.3 is 20.1 Å². The molecule has 3 atom stereocenters. The van der Waals surface area contributed by atoms with Crippen molar-refractivity contribution in [3.63, 3.8) is 0 Å². The number of aliphatic hydroxyl groups excluding tert-OH is 3. The Hall–Kier alpha value is -1.32. The molecule has 0 aromatic carbocycles. The van der Waals surface area contributed by atoms with Crippen LogP contribution in [0, 0.1) is 0 Å². The van der Waals surface area contributed by atoms with Crippen molar-refractivity contribution in [3.05, 3.63) is 17.8 Å². The molecule has 110 valence electrons. The monoisotopic (exact) mass is 302 g/mol. The average Bonchev–Trinajstić information content (AvgIpc) is 2.85. The highest BCUT2D eigenvalue weighted by molar-refractivity contribution is 6.33. The zero-order valence-corrected chi connectivity index (χ0v) is 11.5. The van der Waals surface area contributed by atoms with E-state index >= 15 is 0 Å². The normalized spacial score (nSPS) is 16.2. The third-order valence-electron chi connectivity index (χ3n) is 2.83. The molecule has 2 rings (SSSR count). The number of ether oxygens (including phenoxy) is 1. The van der Waals surface area contributed by atoms with Gasteiger partial charge in [-0.15, -0.1) is 0 Å². The zero-order valence-electron chi connectivity index (χ0n) is 10.7. The summed E-state index contributed by atoms with van der Waals surface area (Å²) in [6.07, 6.45) is 0.111. The molecular weight excluding hydrogens is 288 g/mol. The van der Waals surface area contributed by atoms with Gasteiger partial charge in [0.15, 0.2) is 17.0 Å². The molecule has 0 fully saturated rings. The predicted molar refractivity (Wildman–Crippen MR) is 70.1 cm³/mol. The van der Waals surface area contributed by atoms with Gasteiger partial charge in [-0.2, -0.15) is 0 Å². The van der Waals surface area contributed by atoms with Gasteiger partial charge in [0.25, 0.3) is 0 Å². The van der Waals surface area contributed by atoms with Gasteiger partial charge >= 0.3 is 0 Å². The van der Waals surface area contributed by atoms with Gasteiger partial charge in [-0.3, -0.25) is 4.57 Å². The lowest BCUT2D eigenvalue weighted by Gasteiger charge is -2.25. The maximum atomic E-state index is 9.47. The van der Waals surface area contributed by atoms with Gasteiger partial charge in [-0.25, -0.2) is 15.0 Å². The first kappa shape index (κ1) is 15.1. The van der Waals surface area contributed by atoms with Crippen LogP contribution in [0.4, 0.5) is 0 Å². The molecular formula is C11H15ClN4O4. The molecule has 0 spiro atoms. The molecule has 0 aliphatic rings. The standard InChI is InChI=1S/C11H15ClN4O4/c1-6(19)7(2-17)20-8(3-18)16-5-15-9-10(12)13-4-14-11(9)16/h4-8,17-19H,2-3H2,1H3/t6-,7+,8+/m0/s1. The molecule has 0 bridgehead atoms. The summed E-state index contributed by atoms with van der Waals surface area (Å²) in [6, 6.07) is 0. The highest BCUT2D eigenvalue weighted by Crippen LogP contribution is 2.22. The minimum Gasteiger partial charge on any atom is -0.394 e. The van der Waals surface area contributed by atoms with E-state index in [-0.39, 0.29) is 18.4 Å². The number of halogens is 1. The zero-order chi connectivity index (χ0) is 14.7. The summed E-state index contributed by atoms with van der Waals surface area (Å²) in [4.78, 5) is 11.9. The van der Waals surface area contributed by atoms with E-state index < -0.39 is 18.4 Å². The first-order chi connectivity index (χ1) is 9.58. The first-order valence-corrected chi connectivity index (χ1v) is 6.34. The third-order valence-corrected chi connectivity index (χ3v) is 3.11. The number of hydrogen-bond acceptors (Lipinski definition) is 7. The fourth-order valence-corrected chi connectivity index (χ4v) is 1.92. The van der Waals surface area contributed by atoms with E-state index in [0.29, 0.717) is 11.2 Å². The molecule has 8 nitrogen and oxygen atoms in total. The van der Waals surface area contributed by atoms with Crippen LogP contribution in [0.2, 0.25) is 5.15 Å². The molecule has 2 heterocycles. The number of imidazole rings is 1. The van der Waals surface area contributed by atoms with E-state index in [2.05, 4.69) is 15.0 Å². The molecule has 20 heavy (non-hydrogen) atoms. The Morgan fingerprint density at radius 2 is 2.05 bits per heavy atom. The Balaban J connectivity index is 2.32. The predicted octanol–water partition coefficient (Wildman–Crippen LogP) is -0.271. The summed E-state index contributed by atoms with van der Waals surface area (Å²) in [5.74, 6) is 0. The SMILES string of the molecule is C[C@H](O)[C@@H](CO)O[C@H](CO)n1cnc2c(Cl)ncnc21. The van der Waals surface area contributed by atoms with Crippen LogP contribution in [0.3, 0.4) is 0 Å². The fraction of sp³-hybridized carbons (Fsp3) is 0.545. The molecule has 0 aliphatic heterocycles. The Morgan fingerprint density at radius 3 is 2.65 bits per heavy atom. The Labute approximate surface area is 119 Å². The van der Waals surface area contributed by atoms with Crippen LogP contribution in [0.15, 0.2) is 12.7 Å². The van der Waals surface area contributed by atoms with Crippen LogP contribution in [0.5, 0.6) is 0 Å². The molecule has 2 aromatic heterocycles. The van der Waals surface area contributed by atoms with Crippen molar-refractivity contribution >= 4 is 22.8 Å². The minimum atomic E-state index is -0.887. The van der Waals surface area contributed by atoms with E-state index in [9.17, 15) is 10.2 Å². The highest BCUT2D eigenvalue weighted by Gasteiger charge is 2.23. The molecule has 9 heteroatoms. The molecule has 0 unspecified atom stereocenters. The van der Waals surface area contributed by atoms with Gasteiger partial charge in [0.05, 0.1) is 25.6 Å². The highest BCUT2D eigenvalue weighted by atomic mass is 35.5. The summed E-state index contributed by atoms with van der Waals surface area (Å²) < 4.78 is 6.94. The quantitative estimate of drug-likeness (QED) is 0.629. The van der Waals surface area contributed by atoms with Crippen LogP contribution in [0.1, 0.15) is 13.2 Å². The van der Waals surface area contributed by atoms with Gasteiger partial charge in [-0.05, 0) is 6.92 Å². The lowest BCUT2D eigenvalue weighted by Crippen LogP contribution is -2.34. The van der Waals surface area contributed by atoms with Crippen LogP contribution >= 0.6 is 11.6 Å². The second-order valence-electron chi connectivity index (χ2n) is 4.22. The van der Waals surface area contributed by atoms with E-state index in [4.69, 9.17) is 21.4 Å². The van der Waals surface area contributed by atoms with Crippen molar-refractivity contribution in [3.8, 4) is 0 Å². The van der Waals surface area contributed by atoms with Crippen LogP contribution in [-0.2, 0) is 4.74 Å². The van der Waals surface area contributed by atoms with Crippen LogP contribution < -0.4 is 0 Å². The van der Waals surface area contributed by atoms with E-state index in [1.807, 2.05) is 0 Å². The topological polar surface area (TPSA) is 114 Å². The van der Waals surface area contributed by atoms with Gasteiger partial charge in [0, 0.05) is 0 Å². The minimum absolute atomic E-state index is 0.194. The number of aliphatic hydroxyl groups is 3. The number of fused-ring (bicyclic) bond motifs is 1. The molecule has 0 amide bonds. The molecule has 3 N–H and O–H groups in total. The summed E-state index contributed by atoms with van der Waals surface area (Å²) >= 11 is 5.89. The van der Waals surface area contributed by atoms with E-state index in [1.165, 1.54) is 24.1 Å². The van der Waals surface area contributed by atoms with Crippen molar-refractivity contribution in [2.45, 2.75) is 25.4 Å². The Bertz CT molecular complexity index is 577. The molecule has 0 saturated heterocycles. The number of nitrogens with zero attached hydrogens (tertiary/aromatic N) is 4. The lowest BCUT2D eigenvalue weighted by molar-refractivity contribution is -0.131. The third kappa shape index (κ3) is 2.89. The fourth-order valence-electron chi connectivity index (χ4n) is 1.74. The molecule has 0 saturated carbocycles.